The van der Waals surface area contributed by atoms with Crippen molar-refractivity contribution < 1.29 is 0 Å². The second kappa shape index (κ2) is 8.88. The highest BCUT2D eigenvalue weighted by Crippen LogP contribution is 1.82. The van der Waals surface area contributed by atoms with Crippen LogP contribution in [0, 0.1) is 0 Å². The van der Waals surface area contributed by atoms with Crippen LogP contribution in [0.5, 0.6) is 0 Å². The number of nitrogens with one attached hydrogen (secondary N) is 2. The molecule has 0 aliphatic rings. The molecule has 3 heteroatoms. The molecule has 0 saturated carbocycles. The molecule has 0 aliphatic carbocycles. The van der Waals surface area contributed by atoms with Gasteiger partial charge in [0, 0.05) is 13.1 Å². The average molecular weight is 145 g/mol. The van der Waals surface area contributed by atoms with Gasteiger partial charge in [0.15, 0.2) is 0 Å². The molecule has 0 bridgehead atoms. The second-order valence-corrected chi connectivity index (χ2v) is 2.35. The fourth-order valence-corrected chi connectivity index (χ4v) is 0.779. The van der Waals surface area contributed by atoms with Gasteiger partial charge in [-0.1, -0.05) is 0 Å². The van der Waals surface area contributed by atoms with Crippen LogP contribution in [0.15, 0.2) is 0 Å². The van der Waals surface area contributed by atoms with Crippen molar-refractivity contribution in [2.24, 2.45) is 5.73 Å². The molecular weight excluding hydrogens is 126 g/mol. The number of rotatable bonds is 7. The maximum absolute atomic E-state index is 5.29. The van der Waals surface area contributed by atoms with Gasteiger partial charge in [-0.05, 0) is 33.0 Å². The van der Waals surface area contributed by atoms with Gasteiger partial charge in [-0.3, -0.25) is 0 Å². The Morgan fingerprint density at radius 2 is 1.80 bits per heavy atom. The minimum atomic E-state index is 0.742. The molecule has 0 aromatic heterocycles. The van der Waals surface area contributed by atoms with E-state index in [-0.39, 0.29) is 0 Å². The van der Waals surface area contributed by atoms with E-state index in [0.29, 0.717) is 0 Å². The zero-order valence-electron chi connectivity index (χ0n) is 6.82. The Morgan fingerprint density at radius 3 is 2.40 bits per heavy atom. The van der Waals surface area contributed by atoms with Crippen LogP contribution in [-0.4, -0.2) is 33.2 Å². The first-order valence-electron chi connectivity index (χ1n) is 3.97. The van der Waals surface area contributed by atoms with Crippen LogP contribution in [0.2, 0.25) is 0 Å². The third-order valence-corrected chi connectivity index (χ3v) is 1.35. The van der Waals surface area contributed by atoms with Crippen molar-refractivity contribution in [1.82, 2.24) is 10.6 Å². The van der Waals surface area contributed by atoms with Gasteiger partial charge in [0.2, 0.25) is 0 Å². The highest BCUT2D eigenvalue weighted by Gasteiger charge is 1.85. The predicted molar refractivity (Wildman–Crippen MR) is 45.1 cm³/mol. The van der Waals surface area contributed by atoms with E-state index in [2.05, 4.69) is 10.6 Å². The largest absolute Gasteiger partial charge is 0.329 e. The van der Waals surface area contributed by atoms with Crippen molar-refractivity contribution in [3.8, 4) is 0 Å². The first kappa shape index (κ1) is 9.88. The second-order valence-electron chi connectivity index (χ2n) is 2.35. The summed E-state index contributed by atoms with van der Waals surface area (Å²) in [6.45, 7) is 3.90. The molecule has 0 heterocycles. The van der Waals surface area contributed by atoms with E-state index in [9.17, 15) is 0 Å². The number of unbranched alkanes of at least 4 members (excludes halogenated alkanes) is 1. The summed E-state index contributed by atoms with van der Waals surface area (Å²) in [4.78, 5) is 0. The zero-order chi connectivity index (χ0) is 7.66. The molecule has 3 nitrogen and oxygen atoms in total. The van der Waals surface area contributed by atoms with Crippen LogP contribution >= 0.6 is 0 Å². The fourth-order valence-electron chi connectivity index (χ4n) is 0.779. The Bertz CT molecular complexity index is 48.8. The molecule has 0 amide bonds. The third-order valence-electron chi connectivity index (χ3n) is 1.35. The maximum Gasteiger partial charge on any atom is 0.00745 e. The van der Waals surface area contributed by atoms with E-state index >= 15 is 0 Å². The Labute approximate surface area is 63.4 Å². The highest BCUT2D eigenvalue weighted by atomic mass is 14.9. The normalized spacial score (nSPS) is 10.2. The first-order chi connectivity index (χ1) is 4.91. The van der Waals surface area contributed by atoms with E-state index < -0.39 is 0 Å². The SMILES string of the molecule is CNCCCCNCCN. The number of nitrogens with two attached hydrogens (primary N) is 1. The quantitative estimate of drug-likeness (QED) is 0.425. The Morgan fingerprint density at radius 1 is 1.10 bits per heavy atom. The first-order valence-corrected chi connectivity index (χ1v) is 3.97. The highest BCUT2D eigenvalue weighted by molar-refractivity contribution is 4.49. The molecule has 0 spiro atoms. The fraction of sp³-hybridized carbons (Fsp3) is 1.00. The van der Waals surface area contributed by atoms with Crippen LogP contribution in [0.4, 0.5) is 0 Å². The van der Waals surface area contributed by atoms with E-state index in [0.717, 1.165) is 26.2 Å². The van der Waals surface area contributed by atoms with E-state index in [1.165, 1.54) is 12.8 Å². The molecule has 10 heavy (non-hydrogen) atoms. The summed E-state index contributed by atoms with van der Waals surface area (Å²) in [5.74, 6) is 0. The summed E-state index contributed by atoms with van der Waals surface area (Å²) in [5, 5.41) is 6.35. The lowest BCUT2D eigenvalue weighted by molar-refractivity contribution is 0.609. The van der Waals surface area contributed by atoms with Crippen molar-refractivity contribution in [1.29, 1.82) is 0 Å². The van der Waals surface area contributed by atoms with E-state index in [1.54, 1.807) is 0 Å². The molecule has 62 valence electrons. The number of hydrogen-bond acceptors (Lipinski definition) is 3. The molecule has 0 atom stereocenters. The van der Waals surface area contributed by atoms with Crippen molar-refractivity contribution in [3.05, 3.63) is 0 Å². The van der Waals surface area contributed by atoms with Gasteiger partial charge in [0.1, 0.15) is 0 Å². The Kier molecular flexibility index (Phi) is 8.77. The molecule has 4 N–H and O–H groups in total. The van der Waals surface area contributed by atoms with Gasteiger partial charge in [-0.25, -0.2) is 0 Å². The molecule has 0 unspecified atom stereocenters. The van der Waals surface area contributed by atoms with E-state index in [4.69, 9.17) is 5.73 Å². The van der Waals surface area contributed by atoms with Gasteiger partial charge in [0.05, 0.1) is 0 Å². The van der Waals surface area contributed by atoms with Gasteiger partial charge >= 0.3 is 0 Å². The van der Waals surface area contributed by atoms with Gasteiger partial charge in [0.25, 0.3) is 0 Å². The van der Waals surface area contributed by atoms with Crippen molar-refractivity contribution in [2.45, 2.75) is 12.8 Å². The summed E-state index contributed by atoms with van der Waals surface area (Å²) < 4.78 is 0. The molecule has 0 aliphatic heterocycles. The molecular formula is C7H19N3. The van der Waals surface area contributed by atoms with Gasteiger partial charge in [-0.2, -0.15) is 0 Å². The lowest BCUT2D eigenvalue weighted by atomic mass is 10.3. The lowest BCUT2D eigenvalue weighted by Gasteiger charge is -2.01. The summed E-state index contributed by atoms with van der Waals surface area (Å²) in [6, 6.07) is 0. The average Bonchev–Trinajstić information content (AvgIpc) is 1.97. The number of hydrogen-bond donors (Lipinski definition) is 3. The summed E-state index contributed by atoms with van der Waals surface area (Å²) in [5.41, 5.74) is 5.29. The van der Waals surface area contributed by atoms with Gasteiger partial charge < -0.3 is 16.4 Å². The van der Waals surface area contributed by atoms with Crippen LogP contribution in [0.3, 0.4) is 0 Å². The van der Waals surface area contributed by atoms with Gasteiger partial charge in [-0.15, -0.1) is 0 Å². The maximum atomic E-state index is 5.29. The molecule has 0 radical (unpaired) electrons. The standard InChI is InChI=1S/C7H19N3/c1-9-5-2-3-6-10-7-4-8/h9-10H,2-8H2,1H3. The van der Waals surface area contributed by atoms with Crippen molar-refractivity contribution >= 4 is 0 Å². The molecule has 0 rings (SSSR count). The summed E-state index contributed by atoms with van der Waals surface area (Å²) in [6.07, 6.45) is 2.48. The molecule has 0 aromatic carbocycles. The molecule has 0 saturated heterocycles. The monoisotopic (exact) mass is 145 g/mol. The smallest absolute Gasteiger partial charge is 0.00745 e. The Balaban J connectivity index is 2.65. The minimum Gasteiger partial charge on any atom is -0.329 e. The zero-order valence-corrected chi connectivity index (χ0v) is 6.82. The summed E-state index contributed by atoms with van der Waals surface area (Å²) in [7, 11) is 1.98. The Hall–Kier alpha value is -0.120. The minimum absolute atomic E-state index is 0.742. The molecule has 0 fully saturated rings. The topological polar surface area (TPSA) is 50.1 Å². The van der Waals surface area contributed by atoms with Crippen LogP contribution < -0.4 is 16.4 Å². The van der Waals surface area contributed by atoms with Crippen LogP contribution in [0.1, 0.15) is 12.8 Å². The van der Waals surface area contributed by atoms with Crippen LogP contribution in [0.25, 0.3) is 0 Å². The van der Waals surface area contributed by atoms with E-state index in [1.807, 2.05) is 7.05 Å². The van der Waals surface area contributed by atoms with Crippen molar-refractivity contribution in [3.63, 3.8) is 0 Å². The summed E-state index contributed by atoms with van der Waals surface area (Å²) >= 11 is 0. The third kappa shape index (κ3) is 7.88. The van der Waals surface area contributed by atoms with Crippen LogP contribution in [-0.2, 0) is 0 Å². The van der Waals surface area contributed by atoms with Crippen molar-refractivity contribution in [2.75, 3.05) is 33.2 Å². The molecule has 0 aromatic rings. The predicted octanol–water partition coefficient (Wildman–Crippen LogP) is -0.466. The lowest BCUT2D eigenvalue weighted by Crippen LogP contribution is -2.23.